The Kier molecular flexibility index (Phi) is 3.39. The topological polar surface area (TPSA) is 65.8 Å². The average molecular weight is 316 g/mol. The Bertz CT molecular complexity index is 1050. The van der Waals surface area contributed by atoms with Crippen LogP contribution in [-0.4, -0.2) is 14.1 Å². The van der Waals surface area contributed by atoms with Crippen LogP contribution in [0.25, 0.3) is 16.9 Å². The Balaban J connectivity index is 1.92. The van der Waals surface area contributed by atoms with Gasteiger partial charge in [0, 0.05) is 11.9 Å². The van der Waals surface area contributed by atoms with Crippen LogP contribution < -0.4 is 11.4 Å². The molecular weight excluding hydrogens is 300 g/mol. The van der Waals surface area contributed by atoms with E-state index in [1.165, 1.54) is 0 Å². The molecule has 0 radical (unpaired) electrons. The lowest BCUT2D eigenvalue weighted by Gasteiger charge is -2.04. The molecule has 2 aromatic carbocycles. The van der Waals surface area contributed by atoms with Crippen molar-refractivity contribution < 1.29 is 0 Å². The molecule has 0 saturated carbocycles. The molecule has 4 rings (SSSR count). The van der Waals surface area contributed by atoms with Gasteiger partial charge in [-0.1, -0.05) is 30.3 Å². The van der Waals surface area contributed by atoms with Crippen LogP contribution in [0, 0.1) is 0 Å². The summed E-state index contributed by atoms with van der Waals surface area (Å²) in [4.78, 5) is 17.4. The molecule has 24 heavy (non-hydrogen) atoms. The first-order chi connectivity index (χ1) is 11.7. The zero-order chi connectivity index (χ0) is 16.5. The fraction of sp³-hybridized carbons (Fsp3) is 0.0526. The molecular formula is C19H16N4O. The van der Waals surface area contributed by atoms with Crippen molar-refractivity contribution in [2.45, 2.75) is 6.54 Å². The van der Waals surface area contributed by atoms with Crippen molar-refractivity contribution in [1.82, 2.24) is 14.1 Å². The van der Waals surface area contributed by atoms with Crippen LogP contribution in [0.5, 0.6) is 0 Å². The van der Waals surface area contributed by atoms with Crippen LogP contribution in [-0.2, 0) is 6.54 Å². The first kappa shape index (κ1) is 14.3. The number of hydrogen-bond donors (Lipinski definition) is 1. The van der Waals surface area contributed by atoms with Gasteiger partial charge in [-0.15, -0.1) is 0 Å². The van der Waals surface area contributed by atoms with Crippen molar-refractivity contribution >= 4 is 16.9 Å². The normalized spacial score (nSPS) is 11.0. The first-order valence-corrected chi connectivity index (χ1v) is 7.70. The molecule has 4 aromatic rings. The summed E-state index contributed by atoms with van der Waals surface area (Å²) < 4.78 is 3.38. The van der Waals surface area contributed by atoms with Crippen LogP contribution in [0.4, 0.5) is 5.69 Å². The number of anilines is 1. The number of aromatic nitrogens is 3. The molecule has 5 nitrogen and oxygen atoms in total. The second-order valence-electron chi connectivity index (χ2n) is 5.63. The van der Waals surface area contributed by atoms with Gasteiger partial charge in [-0.2, -0.15) is 0 Å². The zero-order valence-electron chi connectivity index (χ0n) is 13.0. The lowest BCUT2D eigenvalue weighted by atomic mass is 10.2. The Morgan fingerprint density at radius 1 is 0.917 bits per heavy atom. The maximum Gasteiger partial charge on any atom is 0.335 e. The predicted octanol–water partition coefficient (Wildman–Crippen LogP) is 2.82. The summed E-state index contributed by atoms with van der Waals surface area (Å²) in [5.74, 6) is 0. The van der Waals surface area contributed by atoms with Crippen LogP contribution >= 0.6 is 0 Å². The van der Waals surface area contributed by atoms with Crippen molar-refractivity contribution in [2.24, 2.45) is 0 Å². The summed E-state index contributed by atoms with van der Waals surface area (Å²) in [6.07, 6.45) is 1.70. The van der Waals surface area contributed by atoms with E-state index < -0.39 is 0 Å². The Morgan fingerprint density at radius 3 is 2.42 bits per heavy atom. The summed E-state index contributed by atoms with van der Waals surface area (Å²) in [5.41, 5.74) is 9.63. The first-order valence-electron chi connectivity index (χ1n) is 7.70. The quantitative estimate of drug-likeness (QED) is 0.591. The van der Waals surface area contributed by atoms with Crippen molar-refractivity contribution in [2.75, 3.05) is 5.73 Å². The molecule has 0 amide bonds. The van der Waals surface area contributed by atoms with Gasteiger partial charge in [0.15, 0.2) is 5.65 Å². The highest BCUT2D eigenvalue weighted by Gasteiger charge is 2.15. The maximum atomic E-state index is 13.0. The molecule has 2 N–H and O–H groups in total. The molecule has 2 aromatic heterocycles. The van der Waals surface area contributed by atoms with Crippen LogP contribution in [0.3, 0.4) is 0 Å². The van der Waals surface area contributed by atoms with Gasteiger partial charge in [-0.3, -0.25) is 4.57 Å². The molecule has 0 atom stereocenters. The Labute approximate surface area is 138 Å². The minimum atomic E-state index is -0.105. The summed E-state index contributed by atoms with van der Waals surface area (Å²) >= 11 is 0. The van der Waals surface area contributed by atoms with E-state index in [1.54, 1.807) is 15.3 Å². The molecule has 0 unspecified atom stereocenters. The molecule has 0 aliphatic rings. The fourth-order valence-corrected chi connectivity index (χ4v) is 2.85. The molecule has 5 heteroatoms. The smallest absolute Gasteiger partial charge is 0.335 e. The minimum Gasteiger partial charge on any atom is -0.399 e. The number of rotatable bonds is 3. The van der Waals surface area contributed by atoms with Gasteiger partial charge < -0.3 is 5.73 Å². The van der Waals surface area contributed by atoms with Gasteiger partial charge >= 0.3 is 5.69 Å². The summed E-state index contributed by atoms with van der Waals surface area (Å²) in [7, 11) is 0. The number of benzene rings is 2. The predicted molar refractivity (Wildman–Crippen MR) is 95.3 cm³/mol. The van der Waals surface area contributed by atoms with E-state index in [0.717, 1.165) is 16.8 Å². The highest BCUT2D eigenvalue weighted by atomic mass is 16.1. The lowest BCUT2D eigenvalue weighted by molar-refractivity contribution is 0.763. The highest BCUT2D eigenvalue weighted by Crippen LogP contribution is 2.17. The largest absolute Gasteiger partial charge is 0.399 e. The molecule has 118 valence electrons. The molecule has 0 aliphatic carbocycles. The van der Waals surface area contributed by atoms with Gasteiger partial charge in [0.2, 0.25) is 0 Å². The van der Waals surface area contributed by atoms with E-state index in [4.69, 9.17) is 5.73 Å². The third-order valence-corrected chi connectivity index (χ3v) is 4.03. The SMILES string of the molecule is Nc1ccc(Cn2c(=O)n(-c3ccccc3)c3ncccc32)cc1. The van der Waals surface area contributed by atoms with E-state index in [1.807, 2.05) is 66.7 Å². The highest BCUT2D eigenvalue weighted by molar-refractivity contribution is 5.73. The van der Waals surface area contributed by atoms with Crippen molar-refractivity contribution in [3.8, 4) is 5.69 Å². The summed E-state index contributed by atoms with van der Waals surface area (Å²) in [6, 6.07) is 20.9. The van der Waals surface area contributed by atoms with E-state index in [2.05, 4.69) is 4.98 Å². The van der Waals surface area contributed by atoms with Crippen LogP contribution in [0.1, 0.15) is 5.56 Å². The average Bonchev–Trinajstić information content (AvgIpc) is 2.90. The molecule has 0 fully saturated rings. The number of hydrogen-bond acceptors (Lipinski definition) is 3. The fourth-order valence-electron chi connectivity index (χ4n) is 2.85. The van der Waals surface area contributed by atoms with Crippen LogP contribution in [0.2, 0.25) is 0 Å². The number of fused-ring (bicyclic) bond motifs is 1. The molecule has 2 heterocycles. The van der Waals surface area contributed by atoms with Crippen molar-refractivity contribution in [1.29, 1.82) is 0 Å². The monoisotopic (exact) mass is 316 g/mol. The third-order valence-electron chi connectivity index (χ3n) is 4.03. The number of imidazole rings is 1. The van der Waals surface area contributed by atoms with Gasteiger partial charge in [0.25, 0.3) is 0 Å². The molecule has 0 aliphatic heterocycles. The van der Waals surface area contributed by atoms with Gasteiger partial charge in [-0.25, -0.2) is 14.3 Å². The van der Waals surface area contributed by atoms with Gasteiger partial charge in [-0.05, 0) is 42.0 Å². The van der Waals surface area contributed by atoms with Gasteiger partial charge in [0.1, 0.15) is 0 Å². The second-order valence-corrected chi connectivity index (χ2v) is 5.63. The number of nitrogens with two attached hydrogens (primary N) is 1. The number of nitrogen functional groups attached to an aromatic ring is 1. The van der Waals surface area contributed by atoms with E-state index in [9.17, 15) is 4.79 Å². The summed E-state index contributed by atoms with van der Waals surface area (Å²) in [6.45, 7) is 0.473. The van der Waals surface area contributed by atoms with Crippen molar-refractivity contribution in [3.05, 3.63) is 89.0 Å². The maximum absolute atomic E-state index is 13.0. The Hall–Kier alpha value is -3.34. The Morgan fingerprint density at radius 2 is 1.67 bits per heavy atom. The minimum absolute atomic E-state index is 0.105. The second kappa shape index (κ2) is 5.70. The molecule has 0 bridgehead atoms. The number of nitrogens with zero attached hydrogens (tertiary/aromatic N) is 3. The molecule has 0 spiro atoms. The number of pyridine rings is 1. The number of para-hydroxylation sites is 1. The van der Waals surface area contributed by atoms with E-state index >= 15 is 0 Å². The van der Waals surface area contributed by atoms with E-state index in [-0.39, 0.29) is 5.69 Å². The van der Waals surface area contributed by atoms with Gasteiger partial charge in [0.05, 0.1) is 17.7 Å². The molecule has 0 saturated heterocycles. The zero-order valence-corrected chi connectivity index (χ0v) is 13.0. The van der Waals surface area contributed by atoms with Crippen molar-refractivity contribution in [3.63, 3.8) is 0 Å². The lowest BCUT2D eigenvalue weighted by Crippen LogP contribution is -2.23. The summed E-state index contributed by atoms with van der Waals surface area (Å²) in [5, 5.41) is 0. The standard InChI is InChI=1S/C19H16N4O/c20-15-10-8-14(9-11-15)13-22-17-7-4-12-21-18(17)23(19(22)24)16-5-2-1-3-6-16/h1-12H,13,20H2. The van der Waals surface area contributed by atoms with Crippen LogP contribution in [0.15, 0.2) is 77.7 Å². The van der Waals surface area contributed by atoms with E-state index in [0.29, 0.717) is 17.9 Å². The third kappa shape index (κ3) is 2.36.